The topological polar surface area (TPSA) is 42.7 Å². The summed E-state index contributed by atoms with van der Waals surface area (Å²) in [5.41, 5.74) is 3.24. The molecule has 132 valence electrons. The Balaban J connectivity index is 1.49. The number of carbonyl (C=O) groups is 1. The quantitative estimate of drug-likeness (QED) is 0.683. The van der Waals surface area contributed by atoms with Crippen LogP contribution < -0.4 is 9.64 Å². The minimum atomic E-state index is -0.107. The maximum Gasteiger partial charge on any atom is 0.294 e. The highest BCUT2D eigenvalue weighted by molar-refractivity contribution is 6.06. The molecule has 0 saturated carbocycles. The first kappa shape index (κ1) is 16.5. The number of rotatable bonds is 4. The lowest BCUT2D eigenvalue weighted by atomic mass is 10.1. The van der Waals surface area contributed by atoms with Gasteiger partial charge in [0.1, 0.15) is 18.1 Å². The summed E-state index contributed by atoms with van der Waals surface area (Å²) in [5.74, 6) is 1.69. The highest BCUT2D eigenvalue weighted by atomic mass is 16.5. The summed E-state index contributed by atoms with van der Waals surface area (Å²) in [5, 5.41) is 0. The summed E-state index contributed by atoms with van der Waals surface area (Å²) in [6.07, 6.45) is 0.867. The summed E-state index contributed by atoms with van der Waals surface area (Å²) in [6.45, 7) is 4.35. The first-order valence-corrected chi connectivity index (χ1v) is 8.82. The molecular weight excluding hydrogens is 326 g/mol. The Bertz CT molecular complexity index is 944. The molecular formula is C22H21NO3. The predicted octanol–water partition coefficient (Wildman–Crippen LogP) is 4.76. The molecule has 2 heterocycles. The van der Waals surface area contributed by atoms with Crippen molar-refractivity contribution in [1.29, 1.82) is 0 Å². The van der Waals surface area contributed by atoms with Gasteiger partial charge < -0.3 is 14.1 Å². The molecule has 0 spiro atoms. The van der Waals surface area contributed by atoms with Crippen molar-refractivity contribution in [2.75, 3.05) is 4.90 Å². The molecule has 1 atom stereocenters. The van der Waals surface area contributed by atoms with Crippen molar-refractivity contribution in [3.8, 4) is 5.75 Å². The number of ether oxygens (including phenoxy) is 1. The number of benzene rings is 2. The molecule has 4 nitrogen and oxygen atoms in total. The number of hydrogen-bond donors (Lipinski definition) is 0. The Hall–Kier alpha value is -3.01. The molecule has 26 heavy (non-hydrogen) atoms. The summed E-state index contributed by atoms with van der Waals surface area (Å²) >= 11 is 0. The van der Waals surface area contributed by atoms with E-state index in [0.29, 0.717) is 18.1 Å². The molecule has 0 radical (unpaired) electrons. The standard InChI is InChI=1S/C22H21NO3/c1-15-7-3-6-10-20(15)25-14-18-11-12-21(26-18)22(24)23-16(2)13-17-8-4-5-9-19(17)23/h3-12,16H,13-14H2,1-2H3. The molecule has 0 fully saturated rings. The van der Waals surface area contributed by atoms with E-state index in [-0.39, 0.29) is 11.9 Å². The van der Waals surface area contributed by atoms with Gasteiger partial charge >= 0.3 is 0 Å². The second-order valence-electron chi connectivity index (χ2n) is 6.68. The van der Waals surface area contributed by atoms with Crippen molar-refractivity contribution >= 4 is 11.6 Å². The lowest BCUT2D eigenvalue weighted by molar-refractivity contribution is 0.0950. The minimum absolute atomic E-state index is 0.107. The zero-order chi connectivity index (χ0) is 18.1. The van der Waals surface area contributed by atoms with E-state index < -0.39 is 0 Å². The molecule has 0 saturated heterocycles. The summed E-state index contributed by atoms with van der Waals surface area (Å²) in [6, 6.07) is 19.5. The van der Waals surface area contributed by atoms with Crippen LogP contribution in [0.15, 0.2) is 65.1 Å². The summed E-state index contributed by atoms with van der Waals surface area (Å²) in [4.78, 5) is 14.8. The van der Waals surface area contributed by atoms with Gasteiger partial charge in [0.25, 0.3) is 5.91 Å². The van der Waals surface area contributed by atoms with Crippen LogP contribution >= 0.6 is 0 Å². The van der Waals surface area contributed by atoms with Crippen molar-refractivity contribution in [3.05, 3.63) is 83.3 Å². The Morgan fingerprint density at radius 1 is 1.12 bits per heavy atom. The fourth-order valence-corrected chi connectivity index (χ4v) is 3.43. The van der Waals surface area contributed by atoms with E-state index in [1.807, 2.05) is 54.3 Å². The van der Waals surface area contributed by atoms with E-state index in [2.05, 4.69) is 13.0 Å². The lowest BCUT2D eigenvalue weighted by Gasteiger charge is -2.21. The van der Waals surface area contributed by atoms with Crippen LogP contribution in [0, 0.1) is 6.92 Å². The van der Waals surface area contributed by atoms with Crippen LogP contribution in [0.4, 0.5) is 5.69 Å². The molecule has 0 N–H and O–H groups in total. The van der Waals surface area contributed by atoms with Gasteiger partial charge in [-0.2, -0.15) is 0 Å². The van der Waals surface area contributed by atoms with Gasteiger partial charge in [0.15, 0.2) is 5.76 Å². The highest BCUT2D eigenvalue weighted by Gasteiger charge is 2.32. The van der Waals surface area contributed by atoms with E-state index in [0.717, 1.165) is 23.4 Å². The third-order valence-electron chi connectivity index (χ3n) is 4.76. The summed E-state index contributed by atoms with van der Waals surface area (Å²) in [7, 11) is 0. The number of nitrogens with zero attached hydrogens (tertiary/aromatic N) is 1. The maximum atomic E-state index is 13.0. The fourth-order valence-electron chi connectivity index (χ4n) is 3.43. The zero-order valence-electron chi connectivity index (χ0n) is 14.9. The van der Waals surface area contributed by atoms with Crippen LogP contribution in [0.5, 0.6) is 5.75 Å². The third kappa shape index (κ3) is 2.99. The lowest BCUT2D eigenvalue weighted by Crippen LogP contribution is -2.35. The van der Waals surface area contributed by atoms with Gasteiger partial charge in [0.05, 0.1) is 0 Å². The second kappa shape index (κ2) is 6.71. The van der Waals surface area contributed by atoms with Crippen molar-refractivity contribution in [2.24, 2.45) is 0 Å². The van der Waals surface area contributed by atoms with E-state index in [9.17, 15) is 4.79 Å². The van der Waals surface area contributed by atoms with Gasteiger partial charge in [-0.25, -0.2) is 0 Å². The van der Waals surface area contributed by atoms with Crippen LogP contribution in [0.2, 0.25) is 0 Å². The third-order valence-corrected chi connectivity index (χ3v) is 4.76. The van der Waals surface area contributed by atoms with Crippen LogP contribution in [0.1, 0.15) is 34.4 Å². The monoisotopic (exact) mass is 347 g/mol. The first-order valence-electron chi connectivity index (χ1n) is 8.82. The predicted molar refractivity (Wildman–Crippen MR) is 101 cm³/mol. The van der Waals surface area contributed by atoms with E-state index in [1.54, 1.807) is 12.1 Å². The molecule has 1 aliphatic rings. The van der Waals surface area contributed by atoms with Gasteiger partial charge in [-0.3, -0.25) is 4.79 Å². The number of aryl methyl sites for hydroxylation is 1. The highest BCUT2D eigenvalue weighted by Crippen LogP contribution is 2.33. The number of para-hydroxylation sites is 2. The number of furan rings is 1. The molecule has 3 aromatic rings. The van der Waals surface area contributed by atoms with E-state index >= 15 is 0 Å². The normalized spacial score (nSPS) is 15.8. The number of hydrogen-bond acceptors (Lipinski definition) is 3. The molecule has 1 aliphatic heterocycles. The van der Waals surface area contributed by atoms with E-state index in [1.165, 1.54) is 5.56 Å². The maximum absolute atomic E-state index is 13.0. The Labute approximate surface area is 153 Å². The van der Waals surface area contributed by atoms with Gasteiger partial charge in [0, 0.05) is 11.7 Å². The average molecular weight is 347 g/mol. The zero-order valence-corrected chi connectivity index (χ0v) is 14.9. The summed E-state index contributed by atoms with van der Waals surface area (Å²) < 4.78 is 11.6. The number of anilines is 1. The molecule has 1 unspecified atom stereocenters. The van der Waals surface area contributed by atoms with Crippen LogP contribution in [0.25, 0.3) is 0 Å². The number of fused-ring (bicyclic) bond motifs is 1. The van der Waals surface area contributed by atoms with Gasteiger partial charge in [-0.1, -0.05) is 36.4 Å². The van der Waals surface area contributed by atoms with Gasteiger partial charge in [0.2, 0.25) is 0 Å². The number of carbonyl (C=O) groups excluding carboxylic acids is 1. The fraction of sp³-hybridized carbons (Fsp3) is 0.227. The molecule has 4 heteroatoms. The van der Waals surface area contributed by atoms with Crippen LogP contribution in [0.3, 0.4) is 0 Å². The second-order valence-corrected chi connectivity index (χ2v) is 6.68. The van der Waals surface area contributed by atoms with Crippen molar-refractivity contribution in [1.82, 2.24) is 0 Å². The van der Waals surface area contributed by atoms with E-state index in [4.69, 9.17) is 9.15 Å². The molecule has 1 amide bonds. The SMILES string of the molecule is Cc1ccccc1OCc1ccc(C(=O)N2c3ccccc3CC2C)o1. The van der Waals surface area contributed by atoms with Crippen LogP contribution in [-0.2, 0) is 13.0 Å². The Morgan fingerprint density at radius 2 is 1.88 bits per heavy atom. The van der Waals surface area contributed by atoms with Crippen molar-refractivity contribution in [2.45, 2.75) is 32.9 Å². The van der Waals surface area contributed by atoms with Crippen molar-refractivity contribution < 1.29 is 13.9 Å². The molecule has 0 bridgehead atoms. The van der Waals surface area contributed by atoms with Gasteiger partial charge in [-0.15, -0.1) is 0 Å². The van der Waals surface area contributed by atoms with Crippen LogP contribution in [-0.4, -0.2) is 11.9 Å². The Morgan fingerprint density at radius 3 is 2.73 bits per heavy atom. The average Bonchev–Trinajstić information content (AvgIpc) is 3.24. The largest absolute Gasteiger partial charge is 0.485 e. The molecule has 0 aliphatic carbocycles. The first-order chi connectivity index (χ1) is 12.6. The minimum Gasteiger partial charge on any atom is -0.485 e. The smallest absolute Gasteiger partial charge is 0.294 e. The Kier molecular flexibility index (Phi) is 4.25. The van der Waals surface area contributed by atoms with Crippen molar-refractivity contribution in [3.63, 3.8) is 0 Å². The number of amides is 1. The molecule has 1 aromatic heterocycles. The molecule has 4 rings (SSSR count). The van der Waals surface area contributed by atoms with Gasteiger partial charge in [-0.05, 0) is 55.7 Å². The molecule has 2 aromatic carbocycles.